The van der Waals surface area contributed by atoms with Crippen LogP contribution in [0.1, 0.15) is 5.56 Å². The number of ketones is 1. The second kappa shape index (κ2) is 7.38. The Kier molecular flexibility index (Phi) is 5.81. The van der Waals surface area contributed by atoms with Crippen LogP contribution in [-0.4, -0.2) is 11.5 Å². The Bertz CT molecular complexity index is 631. The number of hydrogen-bond acceptors (Lipinski definition) is 2. The van der Waals surface area contributed by atoms with E-state index < -0.39 is 0 Å². The van der Waals surface area contributed by atoms with Crippen molar-refractivity contribution in [1.82, 2.24) is 0 Å². The summed E-state index contributed by atoms with van der Waals surface area (Å²) in [5.41, 5.74) is 0.430. The Balaban J connectivity index is 1.94. The number of rotatable bonds is 5. The Labute approximate surface area is 138 Å². The average Bonchev–Trinajstić information content (AvgIpc) is 2.41. The highest BCUT2D eigenvalue weighted by Gasteiger charge is 2.09. The van der Waals surface area contributed by atoms with Crippen molar-refractivity contribution in [3.05, 3.63) is 62.8 Å². The lowest BCUT2D eigenvalue weighted by molar-refractivity contribution is -0.116. The topological polar surface area (TPSA) is 17.1 Å². The van der Waals surface area contributed by atoms with Crippen LogP contribution in [-0.2, 0) is 11.2 Å². The maximum Gasteiger partial charge on any atom is 0.147 e. The molecule has 0 N–H and O–H groups in total. The molecule has 5 heteroatoms. The molecule has 0 amide bonds. The molecule has 2 aromatic carbocycles. The van der Waals surface area contributed by atoms with Crippen LogP contribution in [0.4, 0.5) is 4.39 Å². The Morgan fingerprint density at radius 3 is 2.60 bits per heavy atom. The van der Waals surface area contributed by atoms with Crippen LogP contribution in [0.15, 0.2) is 56.3 Å². The van der Waals surface area contributed by atoms with Crippen LogP contribution in [0, 0.1) is 5.82 Å². The van der Waals surface area contributed by atoms with Crippen molar-refractivity contribution < 1.29 is 9.18 Å². The van der Waals surface area contributed by atoms with Crippen molar-refractivity contribution in [2.24, 2.45) is 0 Å². The van der Waals surface area contributed by atoms with Crippen LogP contribution in [0.2, 0.25) is 0 Å². The van der Waals surface area contributed by atoms with Crippen molar-refractivity contribution >= 4 is 49.4 Å². The van der Waals surface area contributed by atoms with Gasteiger partial charge in [0.2, 0.25) is 0 Å². The summed E-state index contributed by atoms with van der Waals surface area (Å²) in [6.45, 7) is 0. The Hall–Kier alpha value is -0.650. The third-order valence-electron chi connectivity index (χ3n) is 2.59. The van der Waals surface area contributed by atoms with Gasteiger partial charge in [-0.15, -0.1) is 11.8 Å². The number of carbonyl (C=O) groups excluding carboxylic acids is 1. The lowest BCUT2D eigenvalue weighted by Gasteiger charge is -2.04. The molecule has 2 rings (SSSR count). The molecule has 0 aliphatic heterocycles. The number of halogens is 3. The lowest BCUT2D eigenvalue weighted by atomic mass is 10.1. The van der Waals surface area contributed by atoms with Crippen molar-refractivity contribution in [2.75, 3.05) is 5.75 Å². The van der Waals surface area contributed by atoms with Gasteiger partial charge in [-0.2, -0.15) is 0 Å². The minimum absolute atomic E-state index is 0.00646. The van der Waals surface area contributed by atoms with Crippen LogP contribution in [0.3, 0.4) is 0 Å². The minimum Gasteiger partial charge on any atom is -0.298 e. The number of Topliss-reactive ketones (excluding diaryl/α,β-unsaturated/α-hetero) is 1. The first kappa shape index (κ1) is 15.7. The molecule has 0 aliphatic carbocycles. The highest BCUT2D eigenvalue weighted by molar-refractivity contribution is 9.10. The predicted molar refractivity (Wildman–Crippen MR) is 87.7 cm³/mol. The number of thioether (sulfide) groups is 1. The number of carbonyl (C=O) groups is 1. The standard InChI is InChI=1S/C15H11Br2FOS/c16-11-2-1-3-14(8-11)20-9-13(19)7-10-6-12(17)4-5-15(10)18/h1-6,8H,7,9H2. The zero-order valence-corrected chi connectivity index (χ0v) is 14.4. The third kappa shape index (κ3) is 4.72. The first-order valence-electron chi connectivity index (χ1n) is 5.88. The average molecular weight is 418 g/mol. The largest absolute Gasteiger partial charge is 0.298 e. The molecule has 0 bridgehead atoms. The molecule has 104 valence electrons. The van der Waals surface area contributed by atoms with Gasteiger partial charge in [0.15, 0.2) is 0 Å². The second-order valence-electron chi connectivity index (χ2n) is 4.20. The van der Waals surface area contributed by atoms with Gasteiger partial charge in [-0.25, -0.2) is 4.39 Å². The lowest BCUT2D eigenvalue weighted by Crippen LogP contribution is -2.07. The molecule has 0 radical (unpaired) electrons. The monoisotopic (exact) mass is 416 g/mol. The maximum atomic E-state index is 13.6. The Morgan fingerprint density at radius 2 is 1.85 bits per heavy atom. The molecule has 0 saturated heterocycles. The van der Waals surface area contributed by atoms with Gasteiger partial charge in [-0.3, -0.25) is 4.79 Å². The van der Waals surface area contributed by atoms with Crippen LogP contribution >= 0.6 is 43.6 Å². The summed E-state index contributed by atoms with van der Waals surface area (Å²) in [6.07, 6.45) is 0.117. The summed E-state index contributed by atoms with van der Waals surface area (Å²) in [6, 6.07) is 12.4. The van der Waals surface area contributed by atoms with Crippen LogP contribution in [0.25, 0.3) is 0 Å². The molecule has 0 heterocycles. The van der Waals surface area contributed by atoms with E-state index in [1.54, 1.807) is 12.1 Å². The van der Waals surface area contributed by atoms with Crippen molar-refractivity contribution in [3.8, 4) is 0 Å². The molecule has 0 aliphatic rings. The van der Waals surface area contributed by atoms with E-state index in [-0.39, 0.29) is 18.0 Å². The van der Waals surface area contributed by atoms with E-state index in [9.17, 15) is 9.18 Å². The van der Waals surface area contributed by atoms with Crippen molar-refractivity contribution in [2.45, 2.75) is 11.3 Å². The van der Waals surface area contributed by atoms with Gasteiger partial charge < -0.3 is 0 Å². The molecule has 0 fully saturated rings. The molecule has 0 saturated carbocycles. The number of hydrogen-bond donors (Lipinski definition) is 0. The highest BCUT2D eigenvalue weighted by Crippen LogP contribution is 2.23. The minimum atomic E-state index is -0.339. The zero-order valence-electron chi connectivity index (χ0n) is 10.4. The molecule has 20 heavy (non-hydrogen) atoms. The first-order valence-corrected chi connectivity index (χ1v) is 8.46. The van der Waals surface area contributed by atoms with E-state index >= 15 is 0 Å². The molecular formula is C15H11Br2FOS. The van der Waals surface area contributed by atoms with Gasteiger partial charge in [0, 0.05) is 20.3 Å². The smallest absolute Gasteiger partial charge is 0.147 e. The molecule has 0 unspecified atom stereocenters. The SMILES string of the molecule is O=C(CSc1cccc(Br)c1)Cc1cc(Br)ccc1F. The summed E-state index contributed by atoms with van der Waals surface area (Å²) < 4.78 is 15.3. The van der Waals surface area contributed by atoms with E-state index in [1.807, 2.05) is 24.3 Å². The molecule has 0 aromatic heterocycles. The van der Waals surface area contributed by atoms with Gasteiger partial charge in [0.25, 0.3) is 0 Å². The van der Waals surface area contributed by atoms with Gasteiger partial charge in [0.1, 0.15) is 11.6 Å². The summed E-state index contributed by atoms with van der Waals surface area (Å²) in [5.74, 6) is 0.00330. The van der Waals surface area contributed by atoms with Gasteiger partial charge >= 0.3 is 0 Å². The van der Waals surface area contributed by atoms with Gasteiger partial charge in [-0.1, -0.05) is 37.9 Å². The first-order chi connectivity index (χ1) is 9.54. The number of benzene rings is 2. The highest BCUT2D eigenvalue weighted by atomic mass is 79.9. The predicted octanol–water partition coefficient (Wildman–Crippen LogP) is 5.25. The molecule has 1 nitrogen and oxygen atoms in total. The van der Waals surface area contributed by atoms with Crippen LogP contribution in [0.5, 0.6) is 0 Å². The summed E-state index contributed by atoms with van der Waals surface area (Å²) in [5, 5.41) is 0. The maximum absolute atomic E-state index is 13.6. The van der Waals surface area contributed by atoms with Gasteiger partial charge in [-0.05, 0) is 42.0 Å². The van der Waals surface area contributed by atoms with Crippen molar-refractivity contribution in [1.29, 1.82) is 0 Å². The van der Waals surface area contributed by atoms with Crippen molar-refractivity contribution in [3.63, 3.8) is 0 Å². The second-order valence-corrected chi connectivity index (χ2v) is 7.08. The van der Waals surface area contributed by atoms with E-state index in [0.29, 0.717) is 11.3 Å². The molecule has 2 aromatic rings. The molecular weight excluding hydrogens is 407 g/mol. The Morgan fingerprint density at radius 1 is 1.10 bits per heavy atom. The quantitative estimate of drug-likeness (QED) is 0.617. The fourth-order valence-electron chi connectivity index (χ4n) is 1.66. The fraction of sp³-hybridized carbons (Fsp3) is 0.133. The van der Waals surface area contributed by atoms with E-state index in [2.05, 4.69) is 31.9 Å². The van der Waals surface area contributed by atoms with Gasteiger partial charge in [0.05, 0.1) is 5.75 Å². The summed E-state index contributed by atoms with van der Waals surface area (Å²) in [7, 11) is 0. The summed E-state index contributed by atoms with van der Waals surface area (Å²) >= 11 is 8.13. The summed E-state index contributed by atoms with van der Waals surface area (Å²) in [4.78, 5) is 12.9. The fourth-order valence-corrected chi connectivity index (χ4v) is 3.44. The third-order valence-corrected chi connectivity index (χ3v) is 4.63. The molecule has 0 spiro atoms. The zero-order chi connectivity index (χ0) is 14.5. The van der Waals surface area contributed by atoms with E-state index in [1.165, 1.54) is 17.8 Å². The normalized spacial score (nSPS) is 10.6. The van der Waals surface area contributed by atoms with E-state index in [4.69, 9.17) is 0 Å². The van der Waals surface area contributed by atoms with E-state index in [0.717, 1.165) is 13.8 Å². The van der Waals surface area contributed by atoms with Crippen LogP contribution < -0.4 is 0 Å². The molecule has 0 atom stereocenters.